The van der Waals surface area contributed by atoms with Crippen LogP contribution in [0.3, 0.4) is 0 Å². The molecule has 0 radical (unpaired) electrons. The van der Waals surface area contributed by atoms with Gasteiger partial charge in [-0.15, -0.1) is 0 Å². The van der Waals surface area contributed by atoms with Crippen LogP contribution in [0, 0.1) is 0 Å². The zero-order valence-electron chi connectivity index (χ0n) is 11.5. The molecule has 1 saturated heterocycles. The molecule has 104 valence electrons. The summed E-state index contributed by atoms with van der Waals surface area (Å²) in [5, 5.41) is 5.98. The van der Waals surface area contributed by atoms with Crippen LogP contribution in [-0.4, -0.2) is 48.9 Å². The normalized spacial score (nSPS) is 16.7. The van der Waals surface area contributed by atoms with Gasteiger partial charge in [-0.3, -0.25) is 9.59 Å². The maximum atomic E-state index is 11.7. The molecular formula is C13H25N3O2. The maximum Gasteiger partial charge on any atom is 0.224 e. The van der Waals surface area contributed by atoms with Gasteiger partial charge in [0.25, 0.3) is 0 Å². The summed E-state index contributed by atoms with van der Waals surface area (Å²) in [7, 11) is 0. The SMILES string of the molecule is CCNC(C)CC(=O)NCCC(=O)N1CCCC1. The highest BCUT2D eigenvalue weighted by Crippen LogP contribution is 2.08. The lowest BCUT2D eigenvalue weighted by Gasteiger charge is -2.16. The lowest BCUT2D eigenvalue weighted by molar-refractivity contribution is -0.130. The number of carbonyl (C=O) groups excluding carboxylic acids is 2. The summed E-state index contributed by atoms with van der Waals surface area (Å²) < 4.78 is 0. The Labute approximate surface area is 109 Å². The Balaban J connectivity index is 2.09. The van der Waals surface area contributed by atoms with Gasteiger partial charge in [-0.25, -0.2) is 0 Å². The van der Waals surface area contributed by atoms with E-state index in [1.165, 1.54) is 0 Å². The van der Waals surface area contributed by atoms with Crippen LogP contribution in [-0.2, 0) is 9.59 Å². The van der Waals surface area contributed by atoms with Crippen molar-refractivity contribution in [3.05, 3.63) is 0 Å². The molecule has 1 atom stereocenters. The average Bonchev–Trinajstić information content (AvgIpc) is 2.82. The molecule has 5 heteroatoms. The summed E-state index contributed by atoms with van der Waals surface area (Å²) in [6.07, 6.45) is 3.10. The largest absolute Gasteiger partial charge is 0.356 e. The second-order valence-corrected chi connectivity index (χ2v) is 4.85. The van der Waals surface area contributed by atoms with Gasteiger partial charge in [0.15, 0.2) is 0 Å². The number of nitrogens with zero attached hydrogens (tertiary/aromatic N) is 1. The van der Waals surface area contributed by atoms with Gasteiger partial charge in [0.1, 0.15) is 0 Å². The van der Waals surface area contributed by atoms with Crippen LogP contribution in [0.15, 0.2) is 0 Å². The van der Waals surface area contributed by atoms with E-state index in [2.05, 4.69) is 10.6 Å². The van der Waals surface area contributed by atoms with Crippen LogP contribution in [0.4, 0.5) is 0 Å². The lowest BCUT2D eigenvalue weighted by atomic mass is 10.2. The molecule has 1 fully saturated rings. The molecule has 0 saturated carbocycles. The summed E-state index contributed by atoms with van der Waals surface area (Å²) in [4.78, 5) is 25.2. The minimum atomic E-state index is 0.0117. The summed E-state index contributed by atoms with van der Waals surface area (Å²) in [5.41, 5.74) is 0. The van der Waals surface area contributed by atoms with Crippen LogP contribution >= 0.6 is 0 Å². The van der Waals surface area contributed by atoms with E-state index in [0.29, 0.717) is 19.4 Å². The Morgan fingerprint density at radius 2 is 1.94 bits per heavy atom. The van der Waals surface area contributed by atoms with Crippen molar-refractivity contribution >= 4 is 11.8 Å². The fourth-order valence-electron chi connectivity index (χ4n) is 2.20. The van der Waals surface area contributed by atoms with E-state index in [4.69, 9.17) is 0 Å². The third kappa shape index (κ3) is 5.49. The molecule has 2 amide bonds. The average molecular weight is 255 g/mol. The van der Waals surface area contributed by atoms with E-state index in [-0.39, 0.29) is 17.9 Å². The molecule has 5 nitrogen and oxygen atoms in total. The molecule has 0 aromatic rings. The number of nitrogens with one attached hydrogen (secondary N) is 2. The van der Waals surface area contributed by atoms with E-state index < -0.39 is 0 Å². The van der Waals surface area contributed by atoms with Crippen LogP contribution in [0.2, 0.25) is 0 Å². The number of carbonyl (C=O) groups is 2. The first-order chi connectivity index (χ1) is 8.63. The van der Waals surface area contributed by atoms with Crippen LogP contribution in [0.25, 0.3) is 0 Å². The molecule has 1 unspecified atom stereocenters. The molecule has 1 rings (SSSR count). The predicted molar refractivity (Wildman–Crippen MR) is 71.2 cm³/mol. The van der Waals surface area contributed by atoms with Crippen molar-refractivity contribution in [1.29, 1.82) is 0 Å². The molecule has 1 aliphatic rings. The second-order valence-electron chi connectivity index (χ2n) is 4.85. The van der Waals surface area contributed by atoms with E-state index in [0.717, 1.165) is 32.5 Å². The van der Waals surface area contributed by atoms with Crippen molar-refractivity contribution in [2.45, 2.75) is 45.6 Å². The Morgan fingerprint density at radius 1 is 1.28 bits per heavy atom. The third-order valence-electron chi connectivity index (χ3n) is 3.16. The summed E-state index contributed by atoms with van der Waals surface area (Å²) in [6, 6.07) is 0.185. The lowest BCUT2D eigenvalue weighted by Crippen LogP contribution is -2.36. The molecule has 1 aliphatic heterocycles. The zero-order chi connectivity index (χ0) is 13.4. The van der Waals surface area contributed by atoms with Gasteiger partial charge >= 0.3 is 0 Å². The number of amides is 2. The minimum absolute atomic E-state index is 0.0117. The molecule has 1 heterocycles. The minimum Gasteiger partial charge on any atom is -0.356 e. The molecule has 0 spiro atoms. The van der Waals surface area contributed by atoms with Crippen LogP contribution in [0.1, 0.15) is 39.5 Å². The van der Waals surface area contributed by atoms with Gasteiger partial charge in [0.2, 0.25) is 11.8 Å². The van der Waals surface area contributed by atoms with Gasteiger partial charge < -0.3 is 15.5 Å². The summed E-state index contributed by atoms with van der Waals surface area (Å²) >= 11 is 0. The fourth-order valence-corrected chi connectivity index (χ4v) is 2.20. The van der Waals surface area contributed by atoms with Gasteiger partial charge in [-0.2, -0.15) is 0 Å². The van der Waals surface area contributed by atoms with Crippen molar-refractivity contribution in [1.82, 2.24) is 15.5 Å². The monoisotopic (exact) mass is 255 g/mol. The van der Waals surface area contributed by atoms with Gasteiger partial charge in [0.05, 0.1) is 0 Å². The van der Waals surface area contributed by atoms with Crippen LogP contribution < -0.4 is 10.6 Å². The van der Waals surface area contributed by atoms with Crippen molar-refractivity contribution in [2.75, 3.05) is 26.2 Å². The topological polar surface area (TPSA) is 61.4 Å². The van der Waals surface area contributed by atoms with Gasteiger partial charge in [-0.05, 0) is 26.3 Å². The highest BCUT2D eigenvalue weighted by Gasteiger charge is 2.17. The predicted octanol–water partition coefficient (Wildman–Crippen LogP) is 0.503. The maximum absolute atomic E-state index is 11.7. The Kier molecular flexibility index (Phi) is 6.72. The Hall–Kier alpha value is -1.10. The smallest absolute Gasteiger partial charge is 0.224 e. The molecule has 0 aromatic carbocycles. The zero-order valence-corrected chi connectivity index (χ0v) is 11.5. The summed E-state index contributed by atoms with van der Waals surface area (Å²) in [6.45, 7) is 7.07. The van der Waals surface area contributed by atoms with Gasteiger partial charge in [-0.1, -0.05) is 6.92 Å². The van der Waals surface area contributed by atoms with Gasteiger partial charge in [0, 0.05) is 38.5 Å². The molecule has 0 aromatic heterocycles. The van der Waals surface area contributed by atoms with E-state index >= 15 is 0 Å². The summed E-state index contributed by atoms with van der Waals surface area (Å²) in [5.74, 6) is 0.171. The van der Waals surface area contributed by atoms with E-state index in [1.54, 1.807) is 0 Å². The van der Waals surface area contributed by atoms with Crippen molar-refractivity contribution in [3.63, 3.8) is 0 Å². The number of rotatable bonds is 7. The molecular weight excluding hydrogens is 230 g/mol. The van der Waals surface area contributed by atoms with E-state index in [9.17, 15) is 9.59 Å². The quantitative estimate of drug-likeness (QED) is 0.696. The first-order valence-electron chi connectivity index (χ1n) is 6.91. The second kappa shape index (κ2) is 8.08. The van der Waals surface area contributed by atoms with Crippen LogP contribution in [0.5, 0.6) is 0 Å². The highest BCUT2D eigenvalue weighted by molar-refractivity contribution is 5.79. The first-order valence-corrected chi connectivity index (χ1v) is 6.91. The number of hydrogen-bond acceptors (Lipinski definition) is 3. The standard InChI is InChI=1S/C13H25N3O2/c1-3-14-11(2)10-12(17)15-7-6-13(18)16-8-4-5-9-16/h11,14H,3-10H2,1-2H3,(H,15,17). The molecule has 0 bridgehead atoms. The third-order valence-corrected chi connectivity index (χ3v) is 3.16. The molecule has 0 aliphatic carbocycles. The van der Waals surface area contributed by atoms with Crippen molar-refractivity contribution < 1.29 is 9.59 Å². The first kappa shape index (κ1) is 15.0. The number of hydrogen-bond donors (Lipinski definition) is 2. The van der Waals surface area contributed by atoms with Crippen molar-refractivity contribution in [3.8, 4) is 0 Å². The Bertz CT molecular complexity index is 275. The Morgan fingerprint density at radius 3 is 2.56 bits per heavy atom. The molecule has 18 heavy (non-hydrogen) atoms. The highest BCUT2D eigenvalue weighted by atomic mass is 16.2. The number of likely N-dealkylation sites (tertiary alicyclic amines) is 1. The van der Waals surface area contributed by atoms with Crippen molar-refractivity contribution in [2.24, 2.45) is 0 Å². The van der Waals surface area contributed by atoms with E-state index in [1.807, 2.05) is 18.7 Å². The molecule has 2 N–H and O–H groups in total. The fraction of sp³-hybridized carbons (Fsp3) is 0.846.